The Morgan fingerprint density at radius 3 is 2.67 bits per heavy atom. The van der Waals surface area contributed by atoms with E-state index in [1.165, 1.54) is 19.3 Å². The van der Waals surface area contributed by atoms with E-state index >= 15 is 0 Å². The summed E-state index contributed by atoms with van der Waals surface area (Å²) in [6, 6.07) is 0.337. The van der Waals surface area contributed by atoms with Crippen molar-refractivity contribution in [2.45, 2.75) is 38.1 Å². The van der Waals surface area contributed by atoms with Crippen molar-refractivity contribution < 1.29 is 4.92 Å². The predicted octanol–water partition coefficient (Wildman–Crippen LogP) is 3.06. The van der Waals surface area contributed by atoms with E-state index in [1.807, 2.05) is 0 Å². The second-order valence-electron chi connectivity index (χ2n) is 3.83. The van der Waals surface area contributed by atoms with Gasteiger partial charge in [0.1, 0.15) is 4.47 Å². The van der Waals surface area contributed by atoms with Gasteiger partial charge in [-0.1, -0.05) is 19.3 Å². The number of hydrogen-bond donors (Lipinski definition) is 0. The van der Waals surface area contributed by atoms with Gasteiger partial charge in [0, 0.05) is 0 Å². The van der Waals surface area contributed by atoms with Crippen LogP contribution in [0, 0.1) is 10.1 Å². The van der Waals surface area contributed by atoms with Gasteiger partial charge in [-0.25, -0.2) is 0 Å². The maximum atomic E-state index is 10.6. The average molecular weight is 274 g/mol. The van der Waals surface area contributed by atoms with Gasteiger partial charge in [-0.2, -0.15) is 4.68 Å². The third-order valence-electron chi connectivity index (χ3n) is 2.79. The van der Waals surface area contributed by atoms with Crippen molar-refractivity contribution >= 4 is 21.7 Å². The molecule has 1 aliphatic rings. The molecule has 0 amide bonds. The highest BCUT2D eigenvalue weighted by molar-refractivity contribution is 9.10. The number of rotatable bonds is 2. The Morgan fingerprint density at radius 1 is 1.47 bits per heavy atom. The van der Waals surface area contributed by atoms with Gasteiger partial charge in [0.15, 0.2) is 0 Å². The van der Waals surface area contributed by atoms with E-state index in [9.17, 15) is 10.1 Å². The first-order valence-electron chi connectivity index (χ1n) is 5.07. The van der Waals surface area contributed by atoms with Gasteiger partial charge < -0.3 is 10.1 Å². The summed E-state index contributed by atoms with van der Waals surface area (Å²) in [5, 5.41) is 14.6. The van der Waals surface area contributed by atoms with Crippen LogP contribution in [0.5, 0.6) is 0 Å². The monoisotopic (exact) mass is 273 g/mol. The maximum Gasteiger partial charge on any atom is 0.404 e. The van der Waals surface area contributed by atoms with Gasteiger partial charge in [0.2, 0.25) is 0 Å². The zero-order valence-electron chi connectivity index (χ0n) is 8.23. The lowest BCUT2D eigenvalue weighted by atomic mass is 9.96. The van der Waals surface area contributed by atoms with Crippen molar-refractivity contribution in [3.05, 3.63) is 20.8 Å². The van der Waals surface area contributed by atoms with Crippen LogP contribution in [0.3, 0.4) is 0 Å². The van der Waals surface area contributed by atoms with Gasteiger partial charge in [-0.3, -0.25) is 0 Å². The molecule has 1 fully saturated rings. The number of nitrogens with zero attached hydrogens (tertiary/aromatic N) is 3. The molecular weight excluding hydrogens is 262 g/mol. The standard InChI is InChI=1S/C9H12BrN3O2/c10-8-6-12(11-9(8)13(14)15)7-4-2-1-3-5-7/h6-7H,1-5H2. The molecule has 1 aromatic rings. The molecule has 0 radical (unpaired) electrons. The largest absolute Gasteiger partial charge is 0.404 e. The highest BCUT2D eigenvalue weighted by Crippen LogP contribution is 2.31. The lowest BCUT2D eigenvalue weighted by Crippen LogP contribution is -2.13. The molecule has 0 bridgehead atoms. The Kier molecular flexibility index (Phi) is 3.04. The molecule has 2 rings (SSSR count). The summed E-state index contributed by atoms with van der Waals surface area (Å²) in [6.07, 6.45) is 7.51. The maximum absolute atomic E-state index is 10.6. The average Bonchev–Trinajstić information content (AvgIpc) is 2.62. The van der Waals surface area contributed by atoms with Crippen molar-refractivity contribution in [2.24, 2.45) is 0 Å². The molecule has 82 valence electrons. The van der Waals surface area contributed by atoms with E-state index < -0.39 is 4.92 Å². The molecule has 1 saturated carbocycles. The minimum Gasteiger partial charge on any atom is -0.358 e. The fraction of sp³-hybridized carbons (Fsp3) is 0.667. The summed E-state index contributed by atoms with van der Waals surface area (Å²) >= 11 is 3.16. The first-order valence-corrected chi connectivity index (χ1v) is 5.87. The first kappa shape index (κ1) is 10.6. The van der Waals surface area contributed by atoms with Gasteiger partial charge in [0.25, 0.3) is 0 Å². The molecule has 1 aromatic heterocycles. The molecule has 5 nitrogen and oxygen atoms in total. The van der Waals surface area contributed by atoms with Crippen LogP contribution >= 0.6 is 15.9 Å². The molecule has 0 atom stereocenters. The highest BCUT2D eigenvalue weighted by Gasteiger charge is 2.24. The summed E-state index contributed by atoms with van der Waals surface area (Å²) in [4.78, 5) is 10.2. The Morgan fingerprint density at radius 2 is 2.13 bits per heavy atom. The van der Waals surface area contributed by atoms with Crippen LogP contribution in [-0.2, 0) is 0 Å². The molecule has 0 spiro atoms. The van der Waals surface area contributed by atoms with Crippen molar-refractivity contribution in [3.63, 3.8) is 0 Å². The molecule has 6 heteroatoms. The van der Waals surface area contributed by atoms with Crippen molar-refractivity contribution in [1.82, 2.24) is 9.78 Å². The van der Waals surface area contributed by atoms with Crippen molar-refractivity contribution in [3.8, 4) is 0 Å². The topological polar surface area (TPSA) is 61.0 Å². The van der Waals surface area contributed by atoms with E-state index in [2.05, 4.69) is 21.0 Å². The van der Waals surface area contributed by atoms with Gasteiger partial charge in [-0.05, 0) is 33.7 Å². The van der Waals surface area contributed by atoms with Crippen molar-refractivity contribution in [2.75, 3.05) is 0 Å². The van der Waals surface area contributed by atoms with Gasteiger partial charge >= 0.3 is 5.82 Å². The molecule has 1 heterocycles. The molecule has 15 heavy (non-hydrogen) atoms. The summed E-state index contributed by atoms with van der Waals surface area (Å²) in [6.45, 7) is 0. The van der Waals surface area contributed by atoms with E-state index in [0.29, 0.717) is 10.5 Å². The van der Waals surface area contributed by atoms with Gasteiger partial charge in [0.05, 0.1) is 17.3 Å². The van der Waals surface area contributed by atoms with E-state index in [-0.39, 0.29) is 5.82 Å². The van der Waals surface area contributed by atoms with Crippen LogP contribution in [0.1, 0.15) is 38.1 Å². The first-order chi connectivity index (χ1) is 7.18. The van der Waals surface area contributed by atoms with Crippen LogP contribution in [-0.4, -0.2) is 14.7 Å². The number of halogens is 1. The normalized spacial score (nSPS) is 17.9. The minimum absolute atomic E-state index is 0.0828. The zero-order valence-corrected chi connectivity index (χ0v) is 9.81. The van der Waals surface area contributed by atoms with E-state index in [1.54, 1.807) is 10.9 Å². The second kappa shape index (κ2) is 4.30. The zero-order chi connectivity index (χ0) is 10.8. The summed E-state index contributed by atoms with van der Waals surface area (Å²) < 4.78 is 2.21. The third-order valence-corrected chi connectivity index (χ3v) is 3.35. The number of hydrogen-bond acceptors (Lipinski definition) is 3. The highest BCUT2D eigenvalue weighted by atomic mass is 79.9. The van der Waals surface area contributed by atoms with E-state index in [0.717, 1.165) is 12.8 Å². The molecule has 0 aromatic carbocycles. The van der Waals surface area contributed by atoms with Crippen LogP contribution in [0.15, 0.2) is 10.7 Å². The summed E-state index contributed by atoms with van der Waals surface area (Å²) in [5.74, 6) is -0.0828. The van der Waals surface area contributed by atoms with E-state index in [4.69, 9.17) is 0 Å². The summed E-state index contributed by atoms with van der Waals surface area (Å²) in [7, 11) is 0. The Labute approximate surface area is 95.7 Å². The van der Waals surface area contributed by atoms with Crippen LogP contribution in [0.25, 0.3) is 0 Å². The molecule has 1 aliphatic carbocycles. The smallest absolute Gasteiger partial charge is 0.358 e. The predicted molar refractivity (Wildman–Crippen MR) is 58.7 cm³/mol. The van der Waals surface area contributed by atoms with Crippen LogP contribution in [0.2, 0.25) is 0 Å². The number of nitro groups is 1. The lowest BCUT2D eigenvalue weighted by molar-refractivity contribution is -0.390. The Hall–Kier alpha value is -0.910. The van der Waals surface area contributed by atoms with Crippen LogP contribution in [0.4, 0.5) is 5.82 Å². The Balaban J connectivity index is 2.21. The fourth-order valence-electron chi connectivity index (χ4n) is 2.02. The third kappa shape index (κ3) is 2.19. The molecule has 0 saturated heterocycles. The molecular formula is C9H12BrN3O2. The van der Waals surface area contributed by atoms with Crippen molar-refractivity contribution in [1.29, 1.82) is 0 Å². The molecule has 0 unspecified atom stereocenters. The van der Waals surface area contributed by atoms with Crippen LogP contribution < -0.4 is 0 Å². The molecule has 0 aliphatic heterocycles. The fourth-order valence-corrected chi connectivity index (χ4v) is 2.45. The molecule has 0 N–H and O–H groups in total. The Bertz CT molecular complexity index is 371. The second-order valence-corrected chi connectivity index (χ2v) is 4.68. The lowest BCUT2D eigenvalue weighted by Gasteiger charge is -2.18. The minimum atomic E-state index is -0.455. The quantitative estimate of drug-likeness (QED) is 0.615. The number of aromatic nitrogens is 2. The van der Waals surface area contributed by atoms with Gasteiger partial charge in [-0.15, -0.1) is 0 Å². The summed E-state index contributed by atoms with van der Waals surface area (Å²) in [5.41, 5.74) is 0. The SMILES string of the molecule is O=[N+]([O-])c1nn(C2CCCCC2)cc1Br.